The smallest absolute Gasteiger partial charge is 0.347 e. The lowest BCUT2D eigenvalue weighted by Crippen LogP contribution is -2.00. The van der Waals surface area contributed by atoms with Crippen molar-refractivity contribution in [3.8, 4) is 10.6 Å². The molecule has 0 spiro atoms. The second kappa shape index (κ2) is 5.73. The first kappa shape index (κ1) is 14.7. The van der Waals surface area contributed by atoms with Gasteiger partial charge in [-0.3, -0.25) is 0 Å². The van der Waals surface area contributed by atoms with Crippen LogP contribution < -0.4 is 0 Å². The highest BCUT2D eigenvalue weighted by Gasteiger charge is 2.20. The number of halogens is 2. The van der Waals surface area contributed by atoms with Gasteiger partial charge in [-0.25, -0.2) is 9.78 Å². The molecule has 0 aliphatic carbocycles. The van der Waals surface area contributed by atoms with Crippen molar-refractivity contribution in [2.24, 2.45) is 0 Å². The van der Waals surface area contributed by atoms with Crippen LogP contribution in [0.15, 0.2) is 27.1 Å². The summed E-state index contributed by atoms with van der Waals surface area (Å²) in [5.74, 6) is -0.821. The molecule has 0 bridgehead atoms. The summed E-state index contributed by atoms with van der Waals surface area (Å²) < 4.78 is 1.87. The van der Waals surface area contributed by atoms with Gasteiger partial charge in [-0.2, -0.15) is 0 Å². The maximum atomic E-state index is 11.2. The van der Waals surface area contributed by atoms with Gasteiger partial charge < -0.3 is 5.11 Å². The normalized spacial score (nSPS) is 11.0. The summed E-state index contributed by atoms with van der Waals surface area (Å²) >= 11 is 8.07. The fourth-order valence-corrected chi connectivity index (χ4v) is 3.31. The molecular weight excluding hydrogens is 394 g/mol. The van der Waals surface area contributed by atoms with Crippen LogP contribution in [0.5, 0.6) is 0 Å². The maximum absolute atomic E-state index is 11.2. The summed E-state index contributed by atoms with van der Waals surface area (Å²) in [4.78, 5) is 16.0. The number of hydrogen-bond acceptors (Lipinski definition) is 3. The lowest BCUT2D eigenvalue weighted by Gasteiger charge is -2.01. The number of nitrogens with zero attached hydrogens (tertiary/aromatic N) is 1. The minimum atomic E-state index is -0.913. The number of carbonyl (C=O) groups is 1. The molecule has 19 heavy (non-hydrogen) atoms. The molecule has 0 saturated carbocycles. The van der Waals surface area contributed by atoms with Gasteiger partial charge in [0.05, 0.1) is 5.69 Å². The molecule has 2 aromatic rings. The van der Waals surface area contributed by atoms with E-state index >= 15 is 0 Å². The fraction of sp³-hybridized carbons (Fsp3) is 0.231. The zero-order valence-electron chi connectivity index (χ0n) is 10.3. The Kier molecular flexibility index (Phi) is 4.43. The Hall–Kier alpha value is -0.720. The summed E-state index contributed by atoms with van der Waals surface area (Å²) in [6.07, 6.45) is 0. The van der Waals surface area contributed by atoms with Crippen molar-refractivity contribution in [3.63, 3.8) is 0 Å². The summed E-state index contributed by atoms with van der Waals surface area (Å²) in [7, 11) is 0. The van der Waals surface area contributed by atoms with Crippen LogP contribution in [0.4, 0.5) is 0 Å². The van der Waals surface area contributed by atoms with Gasteiger partial charge in [0.25, 0.3) is 0 Å². The Labute approximate surface area is 131 Å². The second-order valence-corrected chi connectivity index (χ2v) is 7.03. The molecule has 0 fully saturated rings. The number of aromatic nitrogens is 1. The lowest BCUT2D eigenvalue weighted by molar-refractivity contribution is 0.0700. The lowest BCUT2D eigenvalue weighted by atomic mass is 10.1. The molecule has 100 valence electrons. The third kappa shape index (κ3) is 3.07. The van der Waals surface area contributed by atoms with Gasteiger partial charge in [0.1, 0.15) is 9.88 Å². The monoisotopic (exact) mass is 403 g/mol. The molecule has 2 rings (SSSR count). The summed E-state index contributed by atoms with van der Waals surface area (Å²) in [6, 6.07) is 5.76. The number of aromatic carboxylic acids is 1. The number of thiazole rings is 1. The predicted molar refractivity (Wildman–Crippen MR) is 84.0 cm³/mol. The van der Waals surface area contributed by atoms with Crippen molar-refractivity contribution >= 4 is 49.2 Å². The average molecular weight is 405 g/mol. The van der Waals surface area contributed by atoms with Crippen molar-refractivity contribution < 1.29 is 9.90 Å². The van der Waals surface area contributed by atoms with E-state index in [0.29, 0.717) is 10.6 Å². The number of carboxylic acid groups (broad SMARTS) is 1. The van der Waals surface area contributed by atoms with E-state index in [0.717, 1.165) is 19.5 Å². The molecule has 1 aromatic heterocycles. The van der Waals surface area contributed by atoms with Gasteiger partial charge in [-0.15, -0.1) is 11.3 Å². The van der Waals surface area contributed by atoms with Crippen LogP contribution in [0, 0.1) is 0 Å². The molecule has 0 saturated heterocycles. The Morgan fingerprint density at radius 2 is 2.00 bits per heavy atom. The van der Waals surface area contributed by atoms with Crippen molar-refractivity contribution in [3.05, 3.63) is 37.7 Å². The molecule has 6 heteroatoms. The van der Waals surface area contributed by atoms with Gasteiger partial charge in [-0.1, -0.05) is 19.9 Å². The number of benzene rings is 1. The maximum Gasteiger partial charge on any atom is 0.347 e. The molecule has 1 heterocycles. The van der Waals surface area contributed by atoms with Crippen molar-refractivity contribution in [2.75, 3.05) is 0 Å². The standard InChI is InChI=1S/C13H11Br2NO2S/c1-6(2)10-11(13(17)18)19-12(16-10)7-3-4-8(14)9(15)5-7/h3-6H,1-2H3,(H,17,18). The van der Waals surface area contributed by atoms with Crippen molar-refractivity contribution in [1.82, 2.24) is 4.98 Å². The van der Waals surface area contributed by atoms with E-state index in [1.807, 2.05) is 32.0 Å². The first-order valence-electron chi connectivity index (χ1n) is 5.59. The topological polar surface area (TPSA) is 50.2 Å². The number of hydrogen-bond donors (Lipinski definition) is 1. The van der Waals surface area contributed by atoms with Gasteiger partial charge in [-0.05, 0) is 49.9 Å². The summed E-state index contributed by atoms with van der Waals surface area (Å²) in [6.45, 7) is 3.89. The van der Waals surface area contributed by atoms with Crippen LogP contribution in [-0.4, -0.2) is 16.1 Å². The molecule has 3 nitrogen and oxygen atoms in total. The minimum absolute atomic E-state index is 0.0926. The molecular formula is C13H11Br2NO2S. The molecule has 1 N–H and O–H groups in total. The fourth-order valence-electron chi connectivity index (χ4n) is 1.63. The molecule has 0 radical (unpaired) electrons. The Morgan fingerprint density at radius 1 is 1.32 bits per heavy atom. The first-order chi connectivity index (χ1) is 8.90. The van der Waals surface area contributed by atoms with E-state index in [2.05, 4.69) is 36.8 Å². The van der Waals surface area contributed by atoms with Crippen LogP contribution in [0.25, 0.3) is 10.6 Å². The number of rotatable bonds is 3. The summed E-state index contributed by atoms with van der Waals surface area (Å²) in [5, 5.41) is 9.96. The Bertz CT molecular complexity index is 638. The SMILES string of the molecule is CC(C)c1nc(-c2ccc(Br)c(Br)c2)sc1C(=O)O. The molecule has 0 aliphatic rings. The van der Waals surface area contributed by atoms with E-state index in [1.165, 1.54) is 11.3 Å². The third-order valence-corrected chi connectivity index (χ3v) is 5.55. The highest BCUT2D eigenvalue weighted by Crippen LogP contribution is 2.34. The van der Waals surface area contributed by atoms with Crippen LogP contribution in [0.2, 0.25) is 0 Å². The third-order valence-electron chi connectivity index (χ3n) is 2.56. The molecule has 0 atom stereocenters. The molecule has 0 amide bonds. The first-order valence-corrected chi connectivity index (χ1v) is 8.00. The summed E-state index contributed by atoms with van der Waals surface area (Å²) in [5.41, 5.74) is 1.56. The Morgan fingerprint density at radius 3 is 2.47 bits per heavy atom. The van der Waals surface area contributed by atoms with Crippen LogP contribution in [0.1, 0.15) is 35.1 Å². The molecule has 0 aliphatic heterocycles. The van der Waals surface area contributed by atoms with Gasteiger partial charge in [0.15, 0.2) is 0 Å². The average Bonchev–Trinajstić information content (AvgIpc) is 2.78. The van der Waals surface area contributed by atoms with Crippen molar-refractivity contribution in [1.29, 1.82) is 0 Å². The van der Waals surface area contributed by atoms with E-state index in [4.69, 9.17) is 0 Å². The van der Waals surface area contributed by atoms with Crippen LogP contribution in [-0.2, 0) is 0 Å². The molecule has 1 aromatic carbocycles. The van der Waals surface area contributed by atoms with Gasteiger partial charge in [0, 0.05) is 14.5 Å². The predicted octanol–water partition coefficient (Wildman–Crippen LogP) is 5.16. The van der Waals surface area contributed by atoms with Crippen molar-refractivity contribution in [2.45, 2.75) is 19.8 Å². The van der Waals surface area contributed by atoms with Crippen LogP contribution >= 0.6 is 43.2 Å². The quantitative estimate of drug-likeness (QED) is 0.768. The highest BCUT2D eigenvalue weighted by molar-refractivity contribution is 9.13. The minimum Gasteiger partial charge on any atom is -0.477 e. The van der Waals surface area contributed by atoms with E-state index in [9.17, 15) is 9.90 Å². The largest absolute Gasteiger partial charge is 0.477 e. The van der Waals surface area contributed by atoms with E-state index in [-0.39, 0.29) is 5.92 Å². The Balaban J connectivity index is 2.54. The zero-order valence-corrected chi connectivity index (χ0v) is 14.3. The van der Waals surface area contributed by atoms with Gasteiger partial charge in [0.2, 0.25) is 0 Å². The van der Waals surface area contributed by atoms with E-state index < -0.39 is 5.97 Å². The number of carboxylic acids is 1. The van der Waals surface area contributed by atoms with E-state index in [1.54, 1.807) is 0 Å². The zero-order chi connectivity index (χ0) is 14.2. The highest BCUT2D eigenvalue weighted by atomic mass is 79.9. The van der Waals surface area contributed by atoms with Crippen LogP contribution in [0.3, 0.4) is 0 Å². The van der Waals surface area contributed by atoms with Gasteiger partial charge >= 0.3 is 5.97 Å². The molecule has 0 unspecified atom stereocenters. The second-order valence-electron chi connectivity index (χ2n) is 4.32.